The highest BCUT2D eigenvalue weighted by molar-refractivity contribution is 7.81. The van der Waals surface area contributed by atoms with Crippen molar-refractivity contribution in [2.75, 3.05) is 119 Å². The molecule has 0 radical (unpaired) electrons. The van der Waals surface area contributed by atoms with Crippen molar-refractivity contribution >= 4 is 76.3 Å². The number of carbonyl (C=O) groups is 9. The van der Waals surface area contributed by atoms with E-state index in [1.807, 2.05) is 20.8 Å². The Morgan fingerprint density at radius 1 is 0.358 bits per heavy atom. The summed E-state index contributed by atoms with van der Waals surface area (Å²) in [6, 6.07) is -5.12. The summed E-state index contributed by atoms with van der Waals surface area (Å²) in [6.45, 7) is 3.75. The van der Waals surface area contributed by atoms with Gasteiger partial charge >= 0.3 is 35.8 Å². The zero-order valence-corrected chi connectivity index (χ0v) is 48.8. The van der Waals surface area contributed by atoms with Crippen LogP contribution in [0.25, 0.3) is 0 Å². The second-order valence-electron chi connectivity index (χ2n) is 17.3. The van der Waals surface area contributed by atoms with E-state index in [1.54, 1.807) is 0 Å². The van der Waals surface area contributed by atoms with Crippen molar-refractivity contribution in [1.82, 2.24) is 31.2 Å². The average molecular weight is 1230 g/mol. The molecule has 0 aromatic heterocycles. The fourth-order valence-electron chi connectivity index (χ4n) is 6.24. The van der Waals surface area contributed by atoms with Crippen LogP contribution >= 0.6 is 22.7 Å². The molecule has 1 aliphatic heterocycles. The van der Waals surface area contributed by atoms with Gasteiger partial charge in [0.2, 0.25) is 17.7 Å². The summed E-state index contributed by atoms with van der Waals surface area (Å²) in [5.41, 5.74) is 0. The number of carbonyl (C=O) groups excluding carboxylic acids is 3. The molecule has 12 N–H and O–H groups in total. The second kappa shape index (κ2) is 44.0. The van der Waals surface area contributed by atoms with Crippen LogP contribution in [0.2, 0.25) is 0 Å². The van der Waals surface area contributed by atoms with Crippen molar-refractivity contribution in [1.29, 1.82) is 0 Å². The van der Waals surface area contributed by atoms with E-state index in [4.69, 9.17) is 55.5 Å². The van der Waals surface area contributed by atoms with E-state index in [0.29, 0.717) is 19.8 Å². The average Bonchev–Trinajstić information content (AvgIpc) is 3.61. The Bertz CT molecular complexity index is 1880. The summed E-state index contributed by atoms with van der Waals surface area (Å²) < 4.78 is 67.8. The molecule has 0 aromatic rings. The maximum Gasteiger partial charge on any atom is 0.326 e. The largest absolute Gasteiger partial charge is 0.481 e. The highest BCUT2D eigenvalue weighted by atomic mass is 31.3. The number of nitrogens with zero attached hydrogens (tertiary/aromatic N) is 3. The fourth-order valence-corrected chi connectivity index (χ4v) is 16.6. The smallest absolute Gasteiger partial charge is 0.326 e. The standard InChI is InChI=1S/C45H84N9O24P3/c1-4-7-16-70-19-22-73-25-28-76-79(46-31-37(55)49-34(43(64)65)10-13-40(58)59)52-80(77-29-26-74-23-20-71-17-8-5-2,47-32-38(56)50-35(44(66)67)11-14-41(60)61)54-81(53-79,78-30-27-75-24-21-72-18-9-6-3)48-33-39(57)51-36(45(68)69)12-15-42(62)63/h34-36,46-48H,4-33H2,1-3H3,(H,49,55)(H,50,56)(H,51,57)(H,58,59)(H,60,61)(H,62,63)(H,64,65)(H,66,67)(H,68,69)/t34-,35-,36-,79?,80?,81?/m0/s1. The van der Waals surface area contributed by atoms with Crippen LogP contribution in [0.5, 0.6) is 0 Å². The van der Waals surface area contributed by atoms with Gasteiger partial charge in [-0.25, -0.2) is 29.6 Å². The van der Waals surface area contributed by atoms with Crippen molar-refractivity contribution < 1.29 is 116 Å². The van der Waals surface area contributed by atoms with Gasteiger partial charge in [0.25, 0.3) is 22.7 Å². The van der Waals surface area contributed by atoms with Gasteiger partial charge in [-0.15, -0.1) is 0 Å². The quantitative estimate of drug-likeness (QED) is 0.0307. The number of carboxylic acid groups (broad SMARTS) is 6. The summed E-state index contributed by atoms with van der Waals surface area (Å²) in [6.07, 6.45) is 1.57. The lowest BCUT2D eigenvalue weighted by atomic mass is 10.1. The summed E-state index contributed by atoms with van der Waals surface area (Å²) >= 11 is 0. The Labute approximate surface area is 470 Å². The molecule has 3 amide bonds. The van der Waals surface area contributed by atoms with Gasteiger partial charge in [-0.2, -0.15) is 13.5 Å². The van der Waals surface area contributed by atoms with E-state index in [2.05, 4.69) is 31.2 Å². The van der Waals surface area contributed by atoms with Crippen LogP contribution in [0.4, 0.5) is 0 Å². The number of aliphatic carboxylic acids is 6. The number of unbranched alkanes of at least 4 members (excludes halogenated alkanes) is 3. The van der Waals surface area contributed by atoms with Gasteiger partial charge in [0.05, 0.1) is 98.9 Å². The molecule has 0 unspecified atom stereocenters. The Morgan fingerprint density at radius 3 is 0.790 bits per heavy atom. The number of rotatable bonds is 54. The van der Waals surface area contributed by atoms with Gasteiger partial charge in [0.1, 0.15) is 18.1 Å². The lowest BCUT2D eigenvalue weighted by Gasteiger charge is -2.35. The minimum Gasteiger partial charge on any atom is -0.481 e. The minimum absolute atomic E-state index is 0.0826. The Hall–Kier alpha value is -4.56. The Kier molecular flexibility index (Phi) is 40.5. The molecular weight excluding hydrogens is 1140 g/mol. The molecule has 3 atom stereocenters. The molecular formula is C45H84N9O24P3. The van der Waals surface area contributed by atoms with Crippen molar-refractivity contribution in [3.8, 4) is 0 Å². The lowest BCUT2D eigenvalue weighted by Crippen LogP contribution is -2.45. The lowest BCUT2D eigenvalue weighted by molar-refractivity contribution is -0.143. The highest BCUT2D eigenvalue weighted by Gasteiger charge is 2.42. The van der Waals surface area contributed by atoms with Gasteiger partial charge < -0.3 is 88.6 Å². The first-order chi connectivity index (χ1) is 38.6. The van der Waals surface area contributed by atoms with Gasteiger partial charge in [0.15, 0.2) is 0 Å². The minimum atomic E-state index is -4.45. The van der Waals surface area contributed by atoms with Crippen LogP contribution in [0.3, 0.4) is 0 Å². The predicted octanol–water partition coefficient (Wildman–Crippen LogP) is 2.46. The molecule has 0 aromatic carbocycles. The maximum absolute atomic E-state index is 13.7. The second-order valence-corrected chi connectivity index (χ2v) is 24.4. The van der Waals surface area contributed by atoms with E-state index in [0.717, 1.165) is 38.5 Å². The van der Waals surface area contributed by atoms with Crippen LogP contribution in [-0.2, 0) is 85.1 Å². The van der Waals surface area contributed by atoms with Gasteiger partial charge in [-0.1, -0.05) is 40.0 Å². The molecule has 0 saturated carbocycles. The van der Waals surface area contributed by atoms with Crippen molar-refractivity contribution in [2.45, 2.75) is 116 Å². The predicted molar refractivity (Wildman–Crippen MR) is 289 cm³/mol. The number of amides is 3. The van der Waals surface area contributed by atoms with Gasteiger partial charge in [-0.3, -0.25) is 28.8 Å². The number of carboxylic acids is 6. The van der Waals surface area contributed by atoms with Crippen LogP contribution in [0.15, 0.2) is 13.5 Å². The maximum atomic E-state index is 13.7. The SMILES string of the molecule is CCCCOCCOCCOP1(NCC(=O)N[C@@H](CCC(=O)O)C(=O)O)=NP(NCC(=O)N[C@@H](CCC(=O)O)C(=O)O)(OCCOCCOCCCC)=NP(NCC(=O)N[C@@H](CCC(=O)O)C(=O)O)(OCCOCCOCCCC)=N1. The number of nitrogens with one attached hydrogen (secondary N) is 6. The summed E-state index contributed by atoms with van der Waals surface area (Å²) in [5.74, 6) is -11.9. The fraction of sp³-hybridized carbons (Fsp3) is 0.800. The van der Waals surface area contributed by atoms with Crippen molar-refractivity contribution in [3.05, 3.63) is 0 Å². The third-order valence-electron chi connectivity index (χ3n) is 10.4. The van der Waals surface area contributed by atoms with E-state index < -0.39 is 172 Å². The van der Waals surface area contributed by atoms with Crippen molar-refractivity contribution in [3.63, 3.8) is 0 Å². The first-order valence-electron chi connectivity index (χ1n) is 26.4. The van der Waals surface area contributed by atoms with Gasteiger partial charge in [-0.05, 0) is 38.5 Å². The van der Waals surface area contributed by atoms with Crippen LogP contribution in [0, 0.1) is 0 Å². The molecule has 0 aliphatic carbocycles. The van der Waals surface area contributed by atoms with Crippen LogP contribution in [0.1, 0.15) is 97.8 Å². The molecule has 0 bridgehead atoms. The number of ether oxygens (including phenoxy) is 6. The number of hydrogen-bond acceptors (Lipinski definition) is 24. The van der Waals surface area contributed by atoms with Crippen LogP contribution in [-0.4, -0.2) is 221 Å². The molecule has 1 rings (SSSR count). The van der Waals surface area contributed by atoms with E-state index >= 15 is 0 Å². The van der Waals surface area contributed by atoms with Gasteiger partial charge in [0, 0.05) is 39.1 Å². The molecule has 36 heteroatoms. The summed E-state index contributed by atoms with van der Waals surface area (Å²) in [5, 5.41) is 72.5. The Morgan fingerprint density at radius 2 is 0.580 bits per heavy atom. The molecule has 1 aliphatic rings. The normalized spacial score (nSPS) is 18.7. The Balaban J connectivity index is 4.30. The highest BCUT2D eigenvalue weighted by Crippen LogP contribution is 2.75. The monoisotopic (exact) mass is 1230 g/mol. The summed E-state index contributed by atoms with van der Waals surface area (Å²) in [4.78, 5) is 112. The summed E-state index contributed by atoms with van der Waals surface area (Å²) in [7, 11) is -13.3. The molecule has 0 spiro atoms. The van der Waals surface area contributed by atoms with Crippen molar-refractivity contribution in [2.24, 2.45) is 13.5 Å². The first kappa shape index (κ1) is 74.5. The number of hydrogen-bond donors (Lipinski definition) is 12. The molecule has 0 saturated heterocycles. The molecule has 33 nitrogen and oxygen atoms in total. The topological polar surface area (TPSA) is 467 Å². The van der Waals surface area contributed by atoms with Crippen LogP contribution < -0.4 is 31.2 Å². The van der Waals surface area contributed by atoms with E-state index in [9.17, 15) is 73.8 Å². The van der Waals surface area contributed by atoms with E-state index in [1.165, 1.54) is 0 Å². The first-order valence-corrected chi connectivity index (χ1v) is 31.3. The van der Waals surface area contributed by atoms with E-state index in [-0.39, 0.29) is 59.5 Å². The molecule has 468 valence electrons. The third-order valence-corrected chi connectivity index (χ3v) is 19.6. The molecule has 0 fully saturated rings. The zero-order chi connectivity index (χ0) is 60.4. The molecule has 81 heavy (non-hydrogen) atoms. The zero-order valence-electron chi connectivity index (χ0n) is 46.2. The molecule has 1 heterocycles. The third kappa shape index (κ3) is 35.9.